The van der Waals surface area contributed by atoms with Crippen LogP contribution < -0.4 is 5.32 Å². The normalized spacial score (nSPS) is 26.7. The molecule has 0 aromatic carbocycles. The Labute approximate surface area is 66.2 Å². The van der Waals surface area contributed by atoms with Crippen molar-refractivity contribution in [1.29, 1.82) is 0 Å². The highest BCUT2D eigenvalue weighted by atomic mass is 16.3. The van der Waals surface area contributed by atoms with E-state index in [0.717, 1.165) is 13.1 Å². The number of aliphatic hydroxyl groups is 1. The number of carbonyl (C=O) groups is 1. The first kappa shape index (κ1) is 8.49. The van der Waals surface area contributed by atoms with Crippen molar-refractivity contribution in [3.8, 4) is 0 Å². The molecule has 0 radical (unpaired) electrons. The molecule has 4 heteroatoms. The number of likely N-dealkylation sites (N-methyl/N-ethyl adjacent to an activating group) is 1. The Morgan fingerprint density at radius 3 is 3.09 bits per heavy atom. The summed E-state index contributed by atoms with van der Waals surface area (Å²) < 4.78 is 0. The first-order valence-electron chi connectivity index (χ1n) is 3.88. The summed E-state index contributed by atoms with van der Waals surface area (Å²) in [7, 11) is 0. The third kappa shape index (κ3) is 2.17. The highest BCUT2D eigenvalue weighted by Crippen LogP contribution is 1.97. The Bertz CT molecular complexity index is 135. The second kappa shape index (κ2) is 3.69. The van der Waals surface area contributed by atoms with Gasteiger partial charge in [0, 0.05) is 6.54 Å². The highest BCUT2D eigenvalue weighted by Gasteiger charge is 2.22. The number of amides is 1. The van der Waals surface area contributed by atoms with Crippen molar-refractivity contribution in [2.75, 3.05) is 26.2 Å². The predicted octanol–water partition coefficient (Wildman–Crippen LogP) is -1.20. The molecule has 1 heterocycles. The largest absolute Gasteiger partial charge is 0.394 e. The molecule has 2 N–H and O–H groups in total. The number of hydrogen-bond acceptors (Lipinski definition) is 3. The molecule has 1 saturated heterocycles. The zero-order valence-corrected chi connectivity index (χ0v) is 6.71. The highest BCUT2D eigenvalue weighted by molar-refractivity contribution is 5.79. The molecule has 0 saturated carbocycles. The van der Waals surface area contributed by atoms with Gasteiger partial charge in [0.2, 0.25) is 5.91 Å². The number of hydrogen-bond donors (Lipinski definition) is 2. The SMILES string of the molecule is CCN1CC(=O)NC(CO)C1. The summed E-state index contributed by atoms with van der Waals surface area (Å²) in [5.74, 6) is 0.0113. The van der Waals surface area contributed by atoms with Crippen molar-refractivity contribution in [3.05, 3.63) is 0 Å². The number of carbonyl (C=O) groups excluding carboxylic acids is 1. The van der Waals surface area contributed by atoms with Gasteiger partial charge in [-0.2, -0.15) is 0 Å². The predicted molar refractivity (Wildman–Crippen MR) is 41.1 cm³/mol. The zero-order valence-electron chi connectivity index (χ0n) is 6.71. The maximum absolute atomic E-state index is 10.9. The molecule has 0 aliphatic carbocycles. The molecule has 1 rings (SSSR count). The van der Waals surface area contributed by atoms with Gasteiger partial charge in [-0.15, -0.1) is 0 Å². The van der Waals surface area contributed by atoms with E-state index in [-0.39, 0.29) is 18.6 Å². The first-order chi connectivity index (χ1) is 5.26. The molecule has 1 atom stereocenters. The minimum atomic E-state index is -0.0730. The second-order valence-corrected chi connectivity index (χ2v) is 2.77. The quantitative estimate of drug-likeness (QED) is 0.530. The lowest BCUT2D eigenvalue weighted by atomic mass is 10.2. The summed E-state index contributed by atoms with van der Waals surface area (Å²) in [6.07, 6.45) is 0. The van der Waals surface area contributed by atoms with Crippen LogP contribution in [-0.2, 0) is 4.79 Å². The van der Waals surface area contributed by atoms with E-state index in [1.54, 1.807) is 0 Å². The summed E-state index contributed by atoms with van der Waals surface area (Å²) in [6, 6.07) is -0.0730. The summed E-state index contributed by atoms with van der Waals surface area (Å²) in [6.45, 7) is 4.13. The summed E-state index contributed by atoms with van der Waals surface area (Å²) in [5, 5.41) is 11.5. The molecule has 64 valence electrons. The van der Waals surface area contributed by atoms with Gasteiger partial charge in [-0.05, 0) is 6.54 Å². The molecular weight excluding hydrogens is 144 g/mol. The van der Waals surface area contributed by atoms with Gasteiger partial charge >= 0.3 is 0 Å². The van der Waals surface area contributed by atoms with Gasteiger partial charge in [0.1, 0.15) is 0 Å². The topological polar surface area (TPSA) is 52.6 Å². The van der Waals surface area contributed by atoms with Crippen molar-refractivity contribution >= 4 is 5.91 Å². The fourth-order valence-corrected chi connectivity index (χ4v) is 1.24. The van der Waals surface area contributed by atoms with Crippen LogP contribution in [0.2, 0.25) is 0 Å². The third-order valence-electron chi connectivity index (χ3n) is 1.88. The Hall–Kier alpha value is -0.610. The fraction of sp³-hybridized carbons (Fsp3) is 0.857. The second-order valence-electron chi connectivity index (χ2n) is 2.77. The van der Waals surface area contributed by atoms with Crippen LogP contribution in [0.1, 0.15) is 6.92 Å². The number of piperazine rings is 1. The summed E-state index contributed by atoms with van der Waals surface area (Å²) >= 11 is 0. The molecule has 0 aromatic heterocycles. The maximum Gasteiger partial charge on any atom is 0.234 e. The Morgan fingerprint density at radius 1 is 1.82 bits per heavy atom. The van der Waals surface area contributed by atoms with E-state index in [9.17, 15) is 4.79 Å². The van der Waals surface area contributed by atoms with Crippen LogP contribution in [0.15, 0.2) is 0 Å². The summed E-state index contributed by atoms with van der Waals surface area (Å²) in [5.41, 5.74) is 0. The van der Waals surface area contributed by atoms with Crippen LogP contribution in [0, 0.1) is 0 Å². The molecule has 1 fully saturated rings. The molecule has 0 spiro atoms. The van der Waals surface area contributed by atoms with Crippen molar-refractivity contribution in [3.63, 3.8) is 0 Å². The number of nitrogens with zero attached hydrogens (tertiary/aromatic N) is 1. The molecule has 4 nitrogen and oxygen atoms in total. The minimum absolute atomic E-state index is 0.0113. The Balaban J connectivity index is 2.43. The van der Waals surface area contributed by atoms with E-state index in [4.69, 9.17) is 5.11 Å². The van der Waals surface area contributed by atoms with Crippen molar-refractivity contribution in [2.24, 2.45) is 0 Å². The lowest BCUT2D eigenvalue weighted by molar-refractivity contribution is -0.126. The fourth-order valence-electron chi connectivity index (χ4n) is 1.24. The summed E-state index contributed by atoms with van der Waals surface area (Å²) in [4.78, 5) is 13.0. The third-order valence-corrected chi connectivity index (χ3v) is 1.88. The van der Waals surface area contributed by atoms with E-state index >= 15 is 0 Å². The molecule has 1 aliphatic heterocycles. The van der Waals surface area contributed by atoms with Crippen LogP contribution in [0.25, 0.3) is 0 Å². The van der Waals surface area contributed by atoms with Crippen molar-refractivity contribution < 1.29 is 9.90 Å². The van der Waals surface area contributed by atoms with E-state index in [2.05, 4.69) is 5.32 Å². The van der Waals surface area contributed by atoms with Crippen LogP contribution in [0.4, 0.5) is 0 Å². The molecule has 1 unspecified atom stereocenters. The molecule has 0 aromatic rings. The molecule has 1 amide bonds. The van der Waals surface area contributed by atoms with Crippen LogP contribution in [0.5, 0.6) is 0 Å². The number of rotatable bonds is 2. The van der Waals surface area contributed by atoms with Crippen molar-refractivity contribution in [1.82, 2.24) is 10.2 Å². The Kier molecular flexibility index (Phi) is 2.84. The van der Waals surface area contributed by atoms with Gasteiger partial charge < -0.3 is 10.4 Å². The molecule has 1 aliphatic rings. The van der Waals surface area contributed by atoms with Gasteiger partial charge in [-0.3, -0.25) is 9.69 Å². The number of aliphatic hydroxyl groups excluding tert-OH is 1. The van der Waals surface area contributed by atoms with Gasteiger partial charge in [0.25, 0.3) is 0 Å². The average molecular weight is 158 g/mol. The smallest absolute Gasteiger partial charge is 0.234 e. The molecule has 11 heavy (non-hydrogen) atoms. The van der Waals surface area contributed by atoms with E-state index in [1.807, 2.05) is 11.8 Å². The van der Waals surface area contributed by atoms with Gasteiger partial charge in [-0.1, -0.05) is 6.92 Å². The van der Waals surface area contributed by atoms with Gasteiger partial charge in [-0.25, -0.2) is 0 Å². The molecule has 0 bridgehead atoms. The van der Waals surface area contributed by atoms with Crippen LogP contribution in [0.3, 0.4) is 0 Å². The van der Waals surface area contributed by atoms with E-state index in [0.29, 0.717) is 6.54 Å². The minimum Gasteiger partial charge on any atom is -0.394 e. The average Bonchev–Trinajstić information content (AvgIpc) is 2.03. The van der Waals surface area contributed by atoms with Gasteiger partial charge in [0.05, 0.1) is 19.2 Å². The van der Waals surface area contributed by atoms with Crippen LogP contribution in [-0.4, -0.2) is 48.2 Å². The molecular formula is C7H14N2O2. The van der Waals surface area contributed by atoms with Crippen molar-refractivity contribution in [2.45, 2.75) is 13.0 Å². The first-order valence-corrected chi connectivity index (χ1v) is 3.88. The van der Waals surface area contributed by atoms with E-state index < -0.39 is 0 Å². The van der Waals surface area contributed by atoms with Gasteiger partial charge in [0.15, 0.2) is 0 Å². The maximum atomic E-state index is 10.9. The zero-order chi connectivity index (χ0) is 8.27. The van der Waals surface area contributed by atoms with Crippen LogP contribution >= 0.6 is 0 Å². The lowest BCUT2D eigenvalue weighted by Crippen LogP contribution is -2.55. The standard InChI is InChI=1S/C7H14N2O2/c1-2-9-3-6(5-10)8-7(11)4-9/h6,10H,2-5H2,1H3,(H,8,11). The number of nitrogens with one attached hydrogen (secondary N) is 1. The van der Waals surface area contributed by atoms with E-state index in [1.165, 1.54) is 0 Å². The monoisotopic (exact) mass is 158 g/mol. The lowest BCUT2D eigenvalue weighted by Gasteiger charge is -2.30. The Morgan fingerprint density at radius 2 is 2.55 bits per heavy atom.